The Kier molecular flexibility index (Phi) is 5.22. The van der Waals surface area contributed by atoms with Gasteiger partial charge in [-0.05, 0) is 55.5 Å². The van der Waals surface area contributed by atoms with Crippen LogP contribution in [-0.2, 0) is 24.1 Å². The second kappa shape index (κ2) is 8.19. The molecule has 0 radical (unpaired) electrons. The average Bonchev–Trinajstić information content (AvgIpc) is 3.38. The Bertz CT molecular complexity index is 1220. The molecule has 4 heterocycles. The van der Waals surface area contributed by atoms with Crippen molar-refractivity contribution in [2.24, 2.45) is 5.92 Å². The lowest BCUT2D eigenvalue weighted by Crippen LogP contribution is -2.26. The number of amides is 1. The Hall–Kier alpha value is -3.53. The fraction of sp³-hybridized carbons (Fsp3) is 0.364. The Balaban J connectivity index is 1.18. The highest BCUT2D eigenvalue weighted by molar-refractivity contribution is 5.94. The molecule has 10 heteroatoms. The molecule has 3 aromatic heterocycles. The van der Waals surface area contributed by atoms with Crippen molar-refractivity contribution in [1.82, 2.24) is 19.9 Å². The molecule has 166 valence electrons. The van der Waals surface area contributed by atoms with Crippen LogP contribution in [0.2, 0.25) is 0 Å². The Morgan fingerprint density at radius 3 is 2.97 bits per heavy atom. The van der Waals surface area contributed by atoms with Crippen LogP contribution in [0.15, 0.2) is 33.7 Å². The van der Waals surface area contributed by atoms with Gasteiger partial charge in [0.15, 0.2) is 18.2 Å². The van der Waals surface area contributed by atoms with Crippen molar-refractivity contribution in [2.45, 2.75) is 26.2 Å². The number of nitrogens with one attached hydrogen (secondary N) is 2. The zero-order valence-corrected chi connectivity index (χ0v) is 17.5. The van der Waals surface area contributed by atoms with E-state index in [1.54, 1.807) is 18.3 Å². The second-order valence-corrected chi connectivity index (χ2v) is 8.06. The summed E-state index contributed by atoms with van der Waals surface area (Å²) in [7, 11) is 0. The van der Waals surface area contributed by atoms with Crippen molar-refractivity contribution in [3.63, 3.8) is 0 Å². The van der Waals surface area contributed by atoms with Gasteiger partial charge in [-0.2, -0.15) is 0 Å². The van der Waals surface area contributed by atoms with Gasteiger partial charge < -0.3 is 19.8 Å². The quantitative estimate of drug-likeness (QED) is 0.561. The highest BCUT2D eigenvalue weighted by Gasteiger charge is 2.26. The van der Waals surface area contributed by atoms with E-state index in [0.717, 1.165) is 29.8 Å². The van der Waals surface area contributed by atoms with Crippen LogP contribution in [0, 0.1) is 18.7 Å². The van der Waals surface area contributed by atoms with Gasteiger partial charge in [0, 0.05) is 18.7 Å². The summed E-state index contributed by atoms with van der Waals surface area (Å²) in [5.41, 5.74) is 2.71. The number of carbonyl (C=O) groups is 1. The molecule has 1 aliphatic carbocycles. The molecular formula is C22H22FN5O4. The summed E-state index contributed by atoms with van der Waals surface area (Å²) in [6.45, 7) is 3.21. The second-order valence-electron chi connectivity index (χ2n) is 8.06. The summed E-state index contributed by atoms with van der Waals surface area (Å²) in [6.07, 6.45) is 4.93. The predicted octanol–water partition coefficient (Wildman–Crippen LogP) is 1.55. The van der Waals surface area contributed by atoms with Crippen LogP contribution < -0.4 is 21.1 Å². The lowest BCUT2D eigenvalue weighted by Gasteiger charge is -2.17. The number of carbonyl (C=O) groups excluding carboxylic acids is 1. The summed E-state index contributed by atoms with van der Waals surface area (Å²) in [4.78, 5) is 32.2. The third-order valence-electron chi connectivity index (χ3n) is 5.82. The topological polar surface area (TPSA) is 111 Å². The summed E-state index contributed by atoms with van der Waals surface area (Å²) in [6, 6.07) is 3.28. The normalized spacial score (nSPS) is 16.9. The van der Waals surface area contributed by atoms with Crippen LogP contribution in [0.25, 0.3) is 5.82 Å². The minimum Gasteiger partial charge on any atom is -0.480 e. The fourth-order valence-electron chi connectivity index (χ4n) is 4.22. The first-order valence-corrected chi connectivity index (χ1v) is 10.5. The molecule has 0 aromatic carbocycles. The molecule has 1 aliphatic heterocycles. The molecular weight excluding hydrogens is 417 g/mol. The van der Waals surface area contributed by atoms with Crippen molar-refractivity contribution in [3.8, 4) is 11.6 Å². The molecule has 0 fully saturated rings. The van der Waals surface area contributed by atoms with E-state index in [0.29, 0.717) is 42.6 Å². The number of aromatic nitrogens is 3. The Morgan fingerprint density at radius 1 is 1.28 bits per heavy atom. The highest BCUT2D eigenvalue weighted by Crippen LogP contribution is 2.30. The van der Waals surface area contributed by atoms with Crippen molar-refractivity contribution in [2.75, 3.05) is 25.0 Å². The maximum Gasteiger partial charge on any atom is 0.424 e. The maximum absolute atomic E-state index is 14.0. The van der Waals surface area contributed by atoms with Crippen LogP contribution in [0.5, 0.6) is 5.75 Å². The lowest BCUT2D eigenvalue weighted by atomic mass is 10.1. The summed E-state index contributed by atoms with van der Waals surface area (Å²) < 4.78 is 25.9. The number of rotatable bonds is 6. The summed E-state index contributed by atoms with van der Waals surface area (Å²) >= 11 is 0. The molecule has 2 N–H and O–H groups in total. The third kappa shape index (κ3) is 3.89. The molecule has 2 aliphatic rings. The molecule has 3 aromatic rings. The van der Waals surface area contributed by atoms with Crippen LogP contribution in [0.4, 0.5) is 10.2 Å². The number of ether oxygens (including phenoxy) is 1. The predicted molar refractivity (Wildman–Crippen MR) is 113 cm³/mol. The van der Waals surface area contributed by atoms with Gasteiger partial charge in [-0.15, -0.1) is 0 Å². The molecule has 0 spiro atoms. The molecule has 1 unspecified atom stereocenters. The smallest absolute Gasteiger partial charge is 0.424 e. The number of fused-ring (bicyclic) bond motifs is 2. The van der Waals surface area contributed by atoms with E-state index in [1.165, 1.54) is 10.8 Å². The van der Waals surface area contributed by atoms with Gasteiger partial charge in [-0.25, -0.2) is 18.7 Å². The highest BCUT2D eigenvalue weighted by atomic mass is 19.1. The van der Waals surface area contributed by atoms with E-state index in [-0.39, 0.29) is 24.1 Å². The van der Waals surface area contributed by atoms with Crippen molar-refractivity contribution in [1.29, 1.82) is 0 Å². The number of hydrogen-bond donors (Lipinski definition) is 2. The first-order valence-electron chi connectivity index (χ1n) is 10.5. The minimum atomic E-state index is -0.555. The van der Waals surface area contributed by atoms with Crippen molar-refractivity contribution >= 4 is 11.7 Å². The number of aryl methyl sites for hydroxylation is 1. The van der Waals surface area contributed by atoms with Crippen molar-refractivity contribution < 1.29 is 18.3 Å². The van der Waals surface area contributed by atoms with Gasteiger partial charge in [0.05, 0.1) is 12.4 Å². The molecule has 1 amide bonds. The maximum atomic E-state index is 14.0. The molecule has 0 saturated carbocycles. The average molecular weight is 439 g/mol. The number of pyridine rings is 2. The number of halogens is 1. The number of oxazole rings is 1. The van der Waals surface area contributed by atoms with Gasteiger partial charge in [-0.1, -0.05) is 0 Å². The standard InChI is InChI=1S/C22H22FN5O4/c1-12-15-6-13(7-16(15)17(23)9-25-12)8-24-5-4-14-10-28(22(30)32-14)19-3-2-18-21(26-19)27-20(29)11-31-18/h2-3,9-10,13,24H,4-8,11H2,1H3,(H,26,27,29). The lowest BCUT2D eigenvalue weighted by molar-refractivity contribution is -0.118. The van der Waals surface area contributed by atoms with Gasteiger partial charge in [0.1, 0.15) is 17.4 Å². The summed E-state index contributed by atoms with van der Waals surface area (Å²) in [5.74, 6) is 0.812. The minimum absolute atomic E-state index is 0.0603. The molecule has 9 nitrogen and oxygen atoms in total. The van der Waals surface area contributed by atoms with Gasteiger partial charge >= 0.3 is 5.76 Å². The number of anilines is 1. The van der Waals surface area contributed by atoms with E-state index in [9.17, 15) is 14.0 Å². The van der Waals surface area contributed by atoms with Crippen LogP contribution in [0.3, 0.4) is 0 Å². The van der Waals surface area contributed by atoms with E-state index >= 15 is 0 Å². The van der Waals surface area contributed by atoms with E-state index in [2.05, 4.69) is 20.6 Å². The van der Waals surface area contributed by atoms with Gasteiger partial charge in [0.2, 0.25) is 0 Å². The van der Waals surface area contributed by atoms with Gasteiger partial charge in [0.25, 0.3) is 5.91 Å². The number of nitrogens with zero attached hydrogens (tertiary/aromatic N) is 3. The largest absolute Gasteiger partial charge is 0.480 e. The monoisotopic (exact) mass is 439 g/mol. The molecule has 32 heavy (non-hydrogen) atoms. The molecule has 0 saturated heterocycles. The number of hydrogen-bond acceptors (Lipinski definition) is 7. The molecule has 0 bridgehead atoms. The Labute approximate surface area is 182 Å². The zero-order chi connectivity index (χ0) is 22.2. The summed E-state index contributed by atoms with van der Waals surface area (Å²) in [5, 5.41) is 5.99. The van der Waals surface area contributed by atoms with E-state index in [1.807, 2.05) is 6.92 Å². The Morgan fingerprint density at radius 2 is 2.12 bits per heavy atom. The molecule has 1 atom stereocenters. The van der Waals surface area contributed by atoms with E-state index < -0.39 is 5.76 Å². The van der Waals surface area contributed by atoms with Gasteiger partial charge in [-0.3, -0.25) is 9.78 Å². The molecule has 5 rings (SSSR count). The van der Waals surface area contributed by atoms with E-state index in [4.69, 9.17) is 9.15 Å². The fourth-order valence-corrected chi connectivity index (χ4v) is 4.22. The van der Waals surface area contributed by atoms with Crippen molar-refractivity contribution in [3.05, 3.63) is 63.5 Å². The van der Waals surface area contributed by atoms with Crippen LogP contribution in [-0.4, -0.2) is 40.1 Å². The third-order valence-corrected chi connectivity index (χ3v) is 5.82. The first kappa shape index (κ1) is 20.4. The first-order chi connectivity index (χ1) is 15.5. The van der Waals surface area contributed by atoms with Crippen LogP contribution >= 0.6 is 0 Å². The zero-order valence-electron chi connectivity index (χ0n) is 17.5. The van der Waals surface area contributed by atoms with Crippen LogP contribution in [0.1, 0.15) is 22.6 Å². The SMILES string of the molecule is Cc1ncc(F)c2c1CC(CNCCc1cn(-c3ccc4c(n3)NC(=O)CO4)c(=O)o1)C2.